The molecule has 0 bridgehead atoms. The average molecular weight is 275 g/mol. The minimum Gasteiger partial charge on any atom is -0.497 e. The van der Waals surface area contributed by atoms with Crippen LogP contribution in [-0.2, 0) is 12.8 Å². The molecule has 5 nitrogen and oxygen atoms in total. The molecule has 0 amide bonds. The smallest absolute Gasteiger partial charge is 0.228 e. The highest BCUT2D eigenvalue weighted by Crippen LogP contribution is 2.15. The highest BCUT2D eigenvalue weighted by atomic mass is 16.5. The van der Waals surface area contributed by atoms with E-state index in [-0.39, 0.29) is 6.04 Å². The molecule has 0 aliphatic carbocycles. The predicted molar refractivity (Wildman–Crippen MR) is 76.7 cm³/mol. The Labute approximate surface area is 119 Å². The molecule has 1 heterocycles. The second-order valence-electron chi connectivity index (χ2n) is 4.89. The lowest BCUT2D eigenvalue weighted by Gasteiger charge is -2.05. The molecular formula is C15H21N3O2. The molecule has 20 heavy (non-hydrogen) atoms. The molecule has 1 unspecified atom stereocenters. The summed E-state index contributed by atoms with van der Waals surface area (Å²) in [5.41, 5.74) is 7.06. The van der Waals surface area contributed by atoms with E-state index in [1.165, 1.54) is 0 Å². The number of rotatable bonds is 7. The van der Waals surface area contributed by atoms with Crippen LogP contribution in [0.1, 0.15) is 37.0 Å². The summed E-state index contributed by atoms with van der Waals surface area (Å²) < 4.78 is 10.4. The Bertz CT molecular complexity index is 539. The van der Waals surface area contributed by atoms with Crippen molar-refractivity contribution in [3.05, 3.63) is 41.5 Å². The van der Waals surface area contributed by atoms with Crippen LogP contribution in [0.25, 0.3) is 0 Å². The maximum atomic E-state index is 5.97. The Balaban J connectivity index is 1.98. The first-order valence-electron chi connectivity index (χ1n) is 6.91. The number of methoxy groups -OCH3 is 1. The fourth-order valence-corrected chi connectivity index (χ4v) is 2.11. The minimum atomic E-state index is 0.0881. The molecule has 1 aromatic heterocycles. The summed E-state index contributed by atoms with van der Waals surface area (Å²) >= 11 is 0. The Morgan fingerprint density at radius 2 is 2.25 bits per heavy atom. The van der Waals surface area contributed by atoms with Crippen LogP contribution in [0, 0.1) is 0 Å². The lowest BCUT2D eigenvalue weighted by atomic mass is 10.1. The maximum Gasteiger partial charge on any atom is 0.228 e. The van der Waals surface area contributed by atoms with Gasteiger partial charge in [-0.1, -0.05) is 30.6 Å². The topological polar surface area (TPSA) is 74.2 Å². The van der Waals surface area contributed by atoms with Crippen molar-refractivity contribution in [2.75, 3.05) is 7.11 Å². The Morgan fingerprint density at radius 1 is 1.40 bits per heavy atom. The molecule has 108 valence electrons. The zero-order valence-corrected chi connectivity index (χ0v) is 12.0. The SMILES string of the molecule is CCCC(N)Cc1nc(Cc2cccc(OC)c2)no1. The number of aromatic nitrogens is 2. The van der Waals surface area contributed by atoms with Crippen LogP contribution < -0.4 is 10.5 Å². The van der Waals surface area contributed by atoms with E-state index in [9.17, 15) is 0 Å². The van der Waals surface area contributed by atoms with Gasteiger partial charge in [-0.3, -0.25) is 0 Å². The highest BCUT2D eigenvalue weighted by Gasteiger charge is 2.11. The van der Waals surface area contributed by atoms with Gasteiger partial charge in [-0.05, 0) is 24.1 Å². The van der Waals surface area contributed by atoms with Crippen molar-refractivity contribution in [3.63, 3.8) is 0 Å². The van der Waals surface area contributed by atoms with E-state index in [0.29, 0.717) is 24.6 Å². The van der Waals surface area contributed by atoms with E-state index < -0.39 is 0 Å². The molecule has 0 saturated heterocycles. The van der Waals surface area contributed by atoms with Crippen molar-refractivity contribution in [1.82, 2.24) is 10.1 Å². The van der Waals surface area contributed by atoms with Gasteiger partial charge in [-0.2, -0.15) is 4.98 Å². The van der Waals surface area contributed by atoms with Gasteiger partial charge in [0.1, 0.15) is 5.75 Å². The molecule has 0 aliphatic heterocycles. The van der Waals surface area contributed by atoms with Crippen LogP contribution in [0.2, 0.25) is 0 Å². The number of nitrogens with two attached hydrogens (primary N) is 1. The predicted octanol–water partition coefficient (Wildman–Crippen LogP) is 2.34. The molecule has 2 N–H and O–H groups in total. The normalized spacial score (nSPS) is 12.3. The number of hydrogen-bond donors (Lipinski definition) is 1. The zero-order valence-electron chi connectivity index (χ0n) is 12.0. The van der Waals surface area contributed by atoms with Crippen LogP contribution in [0.5, 0.6) is 5.75 Å². The first-order valence-corrected chi connectivity index (χ1v) is 6.91. The lowest BCUT2D eigenvalue weighted by molar-refractivity contribution is 0.361. The number of nitrogens with zero attached hydrogens (tertiary/aromatic N) is 2. The molecule has 1 aromatic carbocycles. The summed E-state index contributed by atoms with van der Waals surface area (Å²) in [7, 11) is 1.65. The Kier molecular flexibility index (Phi) is 5.12. The van der Waals surface area contributed by atoms with Gasteiger partial charge in [0.15, 0.2) is 5.82 Å². The second-order valence-corrected chi connectivity index (χ2v) is 4.89. The second kappa shape index (κ2) is 7.05. The maximum absolute atomic E-state index is 5.97. The fourth-order valence-electron chi connectivity index (χ4n) is 2.11. The van der Waals surface area contributed by atoms with Crippen LogP contribution in [0.3, 0.4) is 0 Å². The van der Waals surface area contributed by atoms with E-state index in [2.05, 4.69) is 17.1 Å². The Morgan fingerprint density at radius 3 is 3.00 bits per heavy atom. The number of ether oxygens (including phenoxy) is 1. The quantitative estimate of drug-likeness (QED) is 0.839. The molecule has 0 spiro atoms. The molecule has 5 heteroatoms. The largest absolute Gasteiger partial charge is 0.497 e. The van der Waals surface area contributed by atoms with Crippen molar-refractivity contribution >= 4 is 0 Å². The van der Waals surface area contributed by atoms with Crippen molar-refractivity contribution in [2.24, 2.45) is 5.73 Å². The van der Waals surface area contributed by atoms with E-state index in [4.69, 9.17) is 15.0 Å². The van der Waals surface area contributed by atoms with Gasteiger partial charge in [-0.25, -0.2) is 0 Å². The van der Waals surface area contributed by atoms with E-state index >= 15 is 0 Å². The van der Waals surface area contributed by atoms with Crippen LogP contribution in [0.4, 0.5) is 0 Å². The third kappa shape index (κ3) is 4.06. The van der Waals surface area contributed by atoms with E-state index in [0.717, 1.165) is 24.2 Å². The van der Waals surface area contributed by atoms with Crippen molar-refractivity contribution in [2.45, 2.75) is 38.6 Å². The fraction of sp³-hybridized carbons (Fsp3) is 0.467. The van der Waals surface area contributed by atoms with Gasteiger partial charge < -0.3 is 15.0 Å². The minimum absolute atomic E-state index is 0.0881. The summed E-state index contributed by atoms with van der Waals surface area (Å²) in [5.74, 6) is 2.12. The first-order chi connectivity index (χ1) is 9.71. The standard InChI is InChI=1S/C15H21N3O2/c1-3-5-12(16)10-15-17-14(18-20-15)9-11-6-4-7-13(8-11)19-2/h4,6-8,12H,3,5,9-10,16H2,1-2H3. The summed E-state index contributed by atoms with van der Waals surface area (Å²) in [6.07, 6.45) is 3.29. The molecule has 2 rings (SSSR count). The molecule has 0 aliphatic rings. The van der Waals surface area contributed by atoms with Crippen molar-refractivity contribution in [1.29, 1.82) is 0 Å². The molecule has 0 radical (unpaired) electrons. The molecular weight excluding hydrogens is 254 g/mol. The molecule has 1 atom stereocenters. The third-order valence-electron chi connectivity index (χ3n) is 3.10. The summed E-state index contributed by atoms with van der Waals surface area (Å²) in [5, 5.41) is 4.00. The van der Waals surface area contributed by atoms with Crippen LogP contribution in [0.15, 0.2) is 28.8 Å². The monoisotopic (exact) mass is 275 g/mol. The number of hydrogen-bond acceptors (Lipinski definition) is 5. The van der Waals surface area contributed by atoms with Crippen molar-refractivity contribution < 1.29 is 9.26 Å². The van der Waals surface area contributed by atoms with Crippen LogP contribution >= 0.6 is 0 Å². The average Bonchev–Trinajstić information content (AvgIpc) is 2.86. The van der Waals surface area contributed by atoms with Gasteiger partial charge in [-0.15, -0.1) is 0 Å². The van der Waals surface area contributed by atoms with Gasteiger partial charge in [0, 0.05) is 18.9 Å². The summed E-state index contributed by atoms with van der Waals surface area (Å²) in [6, 6.07) is 7.94. The summed E-state index contributed by atoms with van der Waals surface area (Å²) in [4.78, 5) is 4.38. The lowest BCUT2D eigenvalue weighted by Crippen LogP contribution is -2.22. The van der Waals surface area contributed by atoms with Crippen LogP contribution in [-0.4, -0.2) is 23.3 Å². The zero-order chi connectivity index (χ0) is 14.4. The number of benzene rings is 1. The third-order valence-corrected chi connectivity index (χ3v) is 3.10. The van der Waals surface area contributed by atoms with E-state index in [1.807, 2.05) is 24.3 Å². The van der Waals surface area contributed by atoms with Gasteiger partial charge in [0.25, 0.3) is 0 Å². The molecule has 2 aromatic rings. The first kappa shape index (κ1) is 14.5. The Hall–Kier alpha value is -1.88. The van der Waals surface area contributed by atoms with Gasteiger partial charge in [0.05, 0.1) is 7.11 Å². The van der Waals surface area contributed by atoms with Gasteiger partial charge >= 0.3 is 0 Å². The van der Waals surface area contributed by atoms with E-state index in [1.54, 1.807) is 7.11 Å². The van der Waals surface area contributed by atoms with Gasteiger partial charge in [0.2, 0.25) is 5.89 Å². The van der Waals surface area contributed by atoms with Crippen molar-refractivity contribution in [3.8, 4) is 5.75 Å². The molecule has 0 fully saturated rings. The summed E-state index contributed by atoms with van der Waals surface area (Å²) in [6.45, 7) is 2.11. The highest BCUT2D eigenvalue weighted by molar-refractivity contribution is 5.30. The molecule has 0 saturated carbocycles.